The Bertz CT molecular complexity index is 184. The fraction of sp³-hybridized carbons (Fsp3) is 1.00. The Hall–Kier alpha value is 1.92. The molecule has 0 aromatic carbocycles. The van der Waals surface area contributed by atoms with Gasteiger partial charge < -0.3 is 0 Å². The van der Waals surface area contributed by atoms with E-state index in [2.05, 4.69) is 63.7 Å². The highest BCUT2D eigenvalue weighted by molar-refractivity contribution is 9.39. The van der Waals surface area contributed by atoms with E-state index in [4.69, 9.17) is 0 Å². The van der Waals surface area contributed by atoms with E-state index in [1.54, 1.807) is 0 Å². The number of rotatable bonds is 0. The van der Waals surface area contributed by atoms with E-state index in [1.807, 2.05) is 0 Å². The molecule has 70 valence electrons. The standard InChI is InChI=1S/C8H10Br4/c9-7-5-2-1-4(3-5)6(7)8(10,11)12/h4-7H,1-3H2/t4-,5+,6+,7+/m0/s1. The molecule has 0 heterocycles. The Morgan fingerprint density at radius 2 is 1.58 bits per heavy atom. The lowest BCUT2D eigenvalue weighted by Crippen LogP contribution is -2.32. The van der Waals surface area contributed by atoms with E-state index in [0.29, 0.717) is 10.7 Å². The molecule has 2 bridgehead atoms. The van der Waals surface area contributed by atoms with Crippen molar-refractivity contribution in [3.05, 3.63) is 0 Å². The molecule has 4 heteroatoms. The van der Waals surface area contributed by atoms with Gasteiger partial charge in [0.15, 0.2) is 0 Å². The molecule has 0 aromatic rings. The minimum atomic E-state index is -0.0546. The largest absolute Gasteiger partial charge is 0.139 e. The van der Waals surface area contributed by atoms with Gasteiger partial charge in [0.2, 0.25) is 0 Å². The summed E-state index contributed by atoms with van der Waals surface area (Å²) in [5.41, 5.74) is 0. The highest BCUT2D eigenvalue weighted by atomic mass is 80.0. The van der Waals surface area contributed by atoms with Crippen LogP contribution in [0.5, 0.6) is 0 Å². The minimum Gasteiger partial charge on any atom is -0.0883 e. The van der Waals surface area contributed by atoms with Gasteiger partial charge in [-0.1, -0.05) is 63.7 Å². The molecule has 0 spiro atoms. The summed E-state index contributed by atoms with van der Waals surface area (Å²) in [5.74, 6) is 2.47. The number of alkyl halides is 4. The lowest BCUT2D eigenvalue weighted by Gasteiger charge is -2.33. The van der Waals surface area contributed by atoms with Gasteiger partial charge >= 0.3 is 0 Å². The Kier molecular flexibility index (Phi) is 3.04. The molecular formula is C8H10Br4. The Labute approximate surface area is 107 Å². The zero-order chi connectivity index (χ0) is 8.93. The Morgan fingerprint density at radius 1 is 1.00 bits per heavy atom. The van der Waals surface area contributed by atoms with Gasteiger partial charge in [-0.05, 0) is 31.1 Å². The van der Waals surface area contributed by atoms with E-state index < -0.39 is 0 Å². The Balaban J connectivity index is 2.17. The average molecular weight is 426 g/mol. The fourth-order valence-corrected chi connectivity index (χ4v) is 7.02. The van der Waals surface area contributed by atoms with Crippen LogP contribution in [-0.4, -0.2) is 6.97 Å². The first-order chi connectivity index (χ1) is 5.50. The molecule has 0 saturated heterocycles. The molecule has 2 aliphatic carbocycles. The molecule has 0 aliphatic heterocycles. The predicted molar refractivity (Wildman–Crippen MR) is 66.5 cm³/mol. The van der Waals surface area contributed by atoms with Crippen LogP contribution in [-0.2, 0) is 0 Å². The second-order valence-electron chi connectivity index (χ2n) is 3.85. The summed E-state index contributed by atoms with van der Waals surface area (Å²) in [6, 6.07) is 0. The molecule has 2 aliphatic rings. The maximum absolute atomic E-state index is 3.81. The van der Waals surface area contributed by atoms with Crippen molar-refractivity contribution in [2.75, 3.05) is 0 Å². The van der Waals surface area contributed by atoms with E-state index in [-0.39, 0.29) is 2.14 Å². The van der Waals surface area contributed by atoms with Crippen LogP contribution in [0.15, 0.2) is 0 Å². The summed E-state index contributed by atoms with van der Waals surface area (Å²) in [6.45, 7) is 0. The summed E-state index contributed by atoms with van der Waals surface area (Å²) in [6.07, 6.45) is 4.23. The summed E-state index contributed by atoms with van der Waals surface area (Å²) in [5, 5.41) is 0. The van der Waals surface area contributed by atoms with Gasteiger partial charge in [0, 0.05) is 10.7 Å². The zero-order valence-electron chi connectivity index (χ0n) is 6.44. The lowest BCUT2D eigenvalue weighted by molar-refractivity contribution is 0.367. The van der Waals surface area contributed by atoms with Gasteiger partial charge in [-0.2, -0.15) is 0 Å². The first-order valence-electron chi connectivity index (χ1n) is 4.21. The van der Waals surface area contributed by atoms with E-state index in [9.17, 15) is 0 Å². The molecule has 0 nitrogen and oxygen atoms in total. The van der Waals surface area contributed by atoms with Crippen LogP contribution in [0.25, 0.3) is 0 Å². The summed E-state index contributed by atoms with van der Waals surface area (Å²) < 4.78 is -0.0546. The van der Waals surface area contributed by atoms with Crippen LogP contribution in [0.1, 0.15) is 19.3 Å². The quantitative estimate of drug-likeness (QED) is 0.496. The van der Waals surface area contributed by atoms with Gasteiger partial charge in [0.1, 0.15) is 2.14 Å². The van der Waals surface area contributed by atoms with Crippen molar-refractivity contribution in [2.24, 2.45) is 17.8 Å². The predicted octanol–water partition coefficient (Wildman–Crippen LogP) is 4.63. The molecule has 2 rings (SSSR count). The van der Waals surface area contributed by atoms with E-state index in [0.717, 1.165) is 11.8 Å². The normalized spacial score (nSPS) is 47.0. The third-order valence-electron chi connectivity index (χ3n) is 3.19. The second-order valence-corrected chi connectivity index (χ2v) is 11.8. The molecule has 0 aromatic heterocycles. The van der Waals surface area contributed by atoms with Crippen LogP contribution in [0.2, 0.25) is 0 Å². The SMILES string of the molecule is Br[C@@H]1[C@@H]2CC[C@@H](C2)[C@H]1C(Br)(Br)Br. The molecule has 2 saturated carbocycles. The summed E-state index contributed by atoms with van der Waals surface area (Å²) in [4.78, 5) is 0.675. The van der Waals surface area contributed by atoms with Crippen LogP contribution >= 0.6 is 63.7 Å². The van der Waals surface area contributed by atoms with Crippen LogP contribution in [0, 0.1) is 17.8 Å². The molecule has 4 atom stereocenters. The topological polar surface area (TPSA) is 0 Å². The maximum atomic E-state index is 3.81. The van der Waals surface area contributed by atoms with Gasteiger partial charge in [-0.15, -0.1) is 0 Å². The van der Waals surface area contributed by atoms with Crippen molar-refractivity contribution in [2.45, 2.75) is 26.2 Å². The fourth-order valence-electron chi connectivity index (χ4n) is 2.67. The third kappa shape index (κ3) is 1.70. The average Bonchev–Trinajstić information content (AvgIpc) is 2.42. The van der Waals surface area contributed by atoms with Crippen LogP contribution < -0.4 is 0 Å². The molecule has 12 heavy (non-hydrogen) atoms. The number of fused-ring (bicyclic) bond motifs is 2. The highest BCUT2D eigenvalue weighted by Crippen LogP contribution is 2.60. The van der Waals surface area contributed by atoms with Crippen molar-refractivity contribution in [1.82, 2.24) is 0 Å². The molecular weight excluding hydrogens is 416 g/mol. The van der Waals surface area contributed by atoms with Crippen molar-refractivity contribution in [1.29, 1.82) is 0 Å². The molecule has 0 amide bonds. The van der Waals surface area contributed by atoms with Crippen LogP contribution in [0.3, 0.4) is 0 Å². The van der Waals surface area contributed by atoms with Crippen molar-refractivity contribution >= 4 is 63.7 Å². The monoisotopic (exact) mass is 422 g/mol. The van der Waals surface area contributed by atoms with Gasteiger partial charge in [-0.3, -0.25) is 0 Å². The van der Waals surface area contributed by atoms with Crippen molar-refractivity contribution in [3.63, 3.8) is 0 Å². The third-order valence-corrected chi connectivity index (χ3v) is 6.10. The Morgan fingerprint density at radius 3 is 1.92 bits per heavy atom. The first-order valence-corrected chi connectivity index (χ1v) is 7.50. The van der Waals surface area contributed by atoms with Gasteiger partial charge in [0.25, 0.3) is 0 Å². The smallest absolute Gasteiger partial charge is 0.0883 e. The molecule has 0 N–H and O–H groups in total. The first kappa shape index (κ1) is 10.4. The van der Waals surface area contributed by atoms with Gasteiger partial charge in [-0.25, -0.2) is 0 Å². The lowest BCUT2D eigenvalue weighted by atomic mass is 9.90. The second kappa shape index (κ2) is 3.49. The minimum absolute atomic E-state index is 0.0546. The van der Waals surface area contributed by atoms with Gasteiger partial charge in [0.05, 0.1) is 0 Å². The molecule has 0 unspecified atom stereocenters. The maximum Gasteiger partial charge on any atom is 0.139 e. The molecule has 0 radical (unpaired) electrons. The molecule has 2 fully saturated rings. The zero-order valence-corrected chi connectivity index (χ0v) is 12.8. The highest BCUT2D eigenvalue weighted by Gasteiger charge is 2.53. The van der Waals surface area contributed by atoms with E-state index in [1.165, 1.54) is 19.3 Å². The number of halogens is 4. The summed E-state index contributed by atoms with van der Waals surface area (Å²) >= 11 is 14.8. The summed E-state index contributed by atoms with van der Waals surface area (Å²) in [7, 11) is 0. The van der Waals surface area contributed by atoms with Crippen molar-refractivity contribution in [3.8, 4) is 0 Å². The number of hydrogen-bond donors (Lipinski definition) is 0. The van der Waals surface area contributed by atoms with Crippen LogP contribution in [0.4, 0.5) is 0 Å². The van der Waals surface area contributed by atoms with E-state index >= 15 is 0 Å². The van der Waals surface area contributed by atoms with Crippen molar-refractivity contribution < 1.29 is 0 Å². The number of hydrogen-bond acceptors (Lipinski definition) is 0.